The van der Waals surface area contributed by atoms with Gasteiger partial charge in [-0.25, -0.2) is 5.84 Å². The van der Waals surface area contributed by atoms with Crippen LogP contribution in [0.4, 0.5) is 0 Å². The molecule has 1 atom stereocenters. The minimum absolute atomic E-state index is 0.224. The third kappa shape index (κ3) is 8.80. The van der Waals surface area contributed by atoms with Gasteiger partial charge >= 0.3 is 0 Å². The third-order valence-corrected chi connectivity index (χ3v) is 4.40. The first-order valence-electron chi connectivity index (χ1n) is 8.86. The largest absolute Gasteiger partial charge is 0.278 e. The Morgan fingerprint density at radius 3 is 1.90 bits per heavy atom. The molecule has 3 nitrogen and oxygen atoms in total. The van der Waals surface area contributed by atoms with Gasteiger partial charge in [0.05, 0.1) is 5.60 Å². The van der Waals surface area contributed by atoms with Crippen molar-refractivity contribution in [3.63, 3.8) is 0 Å². The first-order valence-corrected chi connectivity index (χ1v) is 8.86. The molecule has 0 rings (SSSR count). The van der Waals surface area contributed by atoms with Crippen LogP contribution in [-0.2, 0) is 4.84 Å². The van der Waals surface area contributed by atoms with E-state index in [1.165, 1.54) is 50.1 Å². The molecular weight excluding hydrogens is 260 g/mol. The van der Waals surface area contributed by atoms with Crippen LogP contribution >= 0.6 is 0 Å². The second-order valence-corrected chi connectivity index (χ2v) is 7.90. The van der Waals surface area contributed by atoms with Crippen LogP contribution in [-0.4, -0.2) is 17.3 Å². The lowest BCUT2D eigenvalue weighted by atomic mass is 9.69. The summed E-state index contributed by atoms with van der Waals surface area (Å²) in [7, 11) is 0. The van der Waals surface area contributed by atoms with Gasteiger partial charge in [-0.15, -0.1) is 5.17 Å². The lowest BCUT2D eigenvalue weighted by Crippen LogP contribution is -2.48. The molecule has 128 valence electrons. The van der Waals surface area contributed by atoms with Gasteiger partial charge in [-0.3, -0.25) is 4.84 Å². The molecule has 0 aromatic carbocycles. The smallest absolute Gasteiger partial charge is 0.0893 e. The molecule has 0 amide bonds. The van der Waals surface area contributed by atoms with E-state index in [1.54, 1.807) is 0 Å². The fraction of sp³-hybridized carbons (Fsp3) is 1.00. The van der Waals surface area contributed by atoms with Gasteiger partial charge in [0.25, 0.3) is 0 Å². The highest BCUT2D eigenvalue weighted by Gasteiger charge is 2.39. The molecule has 0 saturated heterocycles. The molecule has 21 heavy (non-hydrogen) atoms. The zero-order chi connectivity index (χ0) is 16.5. The van der Waals surface area contributed by atoms with Crippen molar-refractivity contribution in [2.45, 2.75) is 99.0 Å². The Kier molecular flexibility index (Phi) is 9.75. The van der Waals surface area contributed by atoms with Crippen molar-refractivity contribution in [3.05, 3.63) is 0 Å². The minimum atomic E-state index is -0.230. The first kappa shape index (κ1) is 20.9. The van der Waals surface area contributed by atoms with E-state index in [1.807, 2.05) is 6.92 Å². The summed E-state index contributed by atoms with van der Waals surface area (Å²) in [6.07, 6.45) is 9.26. The maximum atomic E-state index is 5.98. The molecule has 0 aliphatic rings. The Morgan fingerprint density at radius 1 is 0.905 bits per heavy atom. The number of hydrazine groups is 1. The number of hydroxylamine groups is 1. The van der Waals surface area contributed by atoms with Gasteiger partial charge in [0, 0.05) is 6.54 Å². The summed E-state index contributed by atoms with van der Waals surface area (Å²) in [5, 5.41) is 1.47. The van der Waals surface area contributed by atoms with Crippen molar-refractivity contribution in [2.75, 3.05) is 6.54 Å². The number of nitrogens with zero attached hydrogens (tertiary/aromatic N) is 1. The average Bonchev–Trinajstić information content (AvgIpc) is 2.35. The van der Waals surface area contributed by atoms with Crippen LogP contribution in [0.5, 0.6) is 0 Å². The zero-order valence-electron chi connectivity index (χ0n) is 15.7. The molecule has 0 aliphatic heterocycles. The van der Waals surface area contributed by atoms with E-state index in [-0.39, 0.29) is 11.0 Å². The van der Waals surface area contributed by atoms with Gasteiger partial charge in [-0.05, 0) is 38.5 Å². The zero-order valence-corrected chi connectivity index (χ0v) is 15.7. The summed E-state index contributed by atoms with van der Waals surface area (Å²) in [6.45, 7) is 16.3. The van der Waals surface area contributed by atoms with Crippen molar-refractivity contribution in [2.24, 2.45) is 17.2 Å². The van der Waals surface area contributed by atoms with Crippen molar-refractivity contribution >= 4 is 0 Å². The highest BCUT2D eigenvalue weighted by molar-refractivity contribution is 4.87. The summed E-state index contributed by atoms with van der Waals surface area (Å²) in [4.78, 5) is 5.98. The molecule has 0 saturated carbocycles. The maximum Gasteiger partial charge on any atom is 0.0893 e. The average molecular weight is 301 g/mol. The van der Waals surface area contributed by atoms with E-state index < -0.39 is 0 Å². The number of hydrogen-bond donors (Lipinski definition) is 1. The monoisotopic (exact) mass is 300 g/mol. The first-order chi connectivity index (χ1) is 9.65. The molecule has 1 unspecified atom stereocenters. The fourth-order valence-electron chi connectivity index (χ4n) is 3.38. The molecule has 0 fully saturated rings. The Labute approximate surface area is 133 Å². The summed E-state index contributed by atoms with van der Waals surface area (Å²) in [5.41, 5.74) is -0.00602. The quantitative estimate of drug-likeness (QED) is 0.319. The molecule has 0 heterocycles. The van der Waals surface area contributed by atoms with E-state index in [0.29, 0.717) is 12.5 Å². The summed E-state index contributed by atoms with van der Waals surface area (Å²) in [5.74, 6) is 6.36. The standard InChI is InChI=1S/C18H40N2O/c1-8-10-11-12-13-14-15-16(17(3,4)5)18(6,7)21-20(19)9-2/h16H,8-15,19H2,1-7H3. The molecule has 3 heteroatoms. The Morgan fingerprint density at radius 2 is 1.43 bits per heavy atom. The van der Waals surface area contributed by atoms with Crippen molar-refractivity contribution in [1.82, 2.24) is 5.17 Å². The number of hydrogen-bond acceptors (Lipinski definition) is 3. The molecule has 2 N–H and O–H groups in total. The second kappa shape index (κ2) is 9.81. The van der Waals surface area contributed by atoms with E-state index in [0.717, 1.165) is 0 Å². The highest BCUT2D eigenvalue weighted by Crippen LogP contribution is 2.40. The van der Waals surface area contributed by atoms with Gasteiger partial charge in [-0.2, -0.15) is 0 Å². The Hall–Kier alpha value is -0.120. The normalized spacial score (nSPS) is 14.7. The second-order valence-electron chi connectivity index (χ2n) is 7.90. The summed E-state index contributed by atoms with van der Waals surface area (Å²) in [6, 6.07) is 0. The number of nitrogens with two attached hydrogens (primary N) is 1. The van der Waals surface area contributed by atoms with Crippen LogP contribution in [0.2, 0.25) is 0 Å². The van der Waals surface area contributed by atoms with E-state index >= 15 is 0 Å². The predicted molar refractivity (Wildman–Crippen MR) is 92.7 cm³/mol. The van der Waals surface area contributed by atoms with Gasteiger partial charge in [0.15, 0.2) is 0 Å². The van der Waals surface area contributed by atoms with Crippen LogP contribution in [0.3, 0.4) is 0 Å². The van der Waals surface area contributed by atoms with Crippen LogP contribution < -0.4 is 5.84 Å². The van der Waals surface area contributed by atoms with E-state index in [9.17, 15) is 0 Å². The van der Waals surface area contributed by atoms with Crippen molar-refractivity contribution in [3.8, 4) is 0 Å². The van der Waals surface area contributed by atoms with Gasteiger partial charge < -0.3 is 0 Å². The van der Waals surface area contributed by atoms with Gasteiger partial charge in [0.1, 0.15) is 0 Å². The summed E-state index contributed by atoms with van der Waals surface area (Å²) < 4.78 is 0. The number of rotatable bonds is 11. The van der Waals surface area contributed by atoms with Gasteiger partial charge in [0.2, 0.25) is 0 Å². The molecule has 0 aromatic heterocycles. The predicted octanol–water partition coefficient (Wildman–Crippen LogP) is 5.31. The maximum absolute atomic E-state index is 5.98. The molecule has 0 aromatic rings. The van der Waals surface area contributed by atoms with Crippen molar-refractivity contribution < 1.29 is 4.84 Å². The van der Waals surface area contributed by atoms with E-state index in [2.05, 4.69) is 41.5 Å². The Bertz CT molecular complexity index is 258. The summed E-state index contributed by atoms with van der Waals surface area (Å²) >= 11 is 0. The van der Waals surface area contributed by atoms with Crippen LogP contribution in [0.15, 0.2) is 0 Å². The lowest BCUT2D eigenvalue weighted by Gasteiger charge is -2.43. The number of unbranched alkanes of at least 4 members (excludes halogenated alkanes) is 5. The molecule has 0 spiro atoms. The topological polar surface area (TPSA) is 38.5 Å². The Balaban J connectivity index is 4.45. The molecule has 0 radical (unpaired) electrons. The van der Waals surface area contributed by atoms with Crippen LogP contribution in [0, 0.1) is 11.3 Å². The van der Waals surface area contributed by atoms with Gasteiger partial charge in [-0.1, -0.05) is 66.2 Å². The molecule has 0 bridgehead atoms. The third-order valence-electron chi connectivity index (χ3n) is 4.40. The SMILES string of the molecule is CCCCCCCCC(C(C)(C)C)C(C)(C)ON(N)CC. The molecule has 0 aliphatic carbocycles. The fourth-order valence-corrected chi connectivity index (χ4v) is 3.38. The van der Waals surface area contributed by atoms with Crippen molar-refractivity contribution in [1.29, 1.82) is 0 Å². The van der Waals surface area contributed by atoms with Crippen LogP contribution in [0.25, 0.3) is 0 Å². The highest BCUT2D eigenvalue weighted by atomic mass is 16.7. The minimum Gasteiger partial charge on any atom is -0.278 e. The van der Waals surface area contributed by atoms with Crippen LogP contribution in [0.1, 0.15) is 93.4 Å². The van der Waals surface area contributed by atoms with E-state index in [4.69, 9.17) is 10.7 Å². The molecular formula is C18H40N2O. The lowest BCUT2D eigenvalue weighted by molar-refractivity contribution is -0.264.